The number of aromatic nitrogens is 1. The van der Waals surface area contributed by atoms with Gasteiger partial charge in [-0.15, -0.1) is 0 Å². The third kappa shape index (κ3) is 8.41. The van der Waals surface area contributed by atoms with Crippen LogP contribution in [0.3, 0.4) is 0 Å². The fourth-order valence-electron chi connectivity index (χ4n) is 4.32. The summed E-state index contributed by atoms with van der Waals surface area (Å²) in [5, 5.41) is 6.06. The molecule has 1 saturated heterocycles. The maximum atomic E-state index is 13.4. The molecule has 1 aliphatic rings. The smallest absolute Gasteiger partial charge is 0.411 e. The number of sulfonamides is 1. The molecule has 11 nitrogen and oxygen atoms in total. The average Bonchev–Trinajstić information content (AvgIpc) is 3.42. The molecule has 220 valence electrons. The SMILES string of the molecule is COC(=O)Nc1ccc(-c2cnc(N3CCC(OC(=O)NCc4ccccc4)CC3)s2)c(S(=O)(=O)NC(C)(C)C)c1. The lowest BCUT2D eigenvalue weighted by Crippen LogP contribution is -2.40. The molecule has 0 aliphatic carbocycles. The van der Waals surface area contributed by atoms with E-state index < -0.39 is 27.7 Å². The minimum absolute atomic E-state index is 0.0187. The van der Waals surface area contributed by atoms with Crippen LogP contribution in [0.2, 0.25) is 0 Å². The number of anilines is 2. The van der Waals surface area contributed by atoms with E-state index in [9.17, 15) is 18.0 Å². The van der Waals surface area contributed by atoms with Crippen LogP contribution in [0.1, 0.15) is 39.2 Å². The quantitative estimate of drug-likeness (QED) is 0.329. The molecule has 4 rings (SSSR count). The van der Waals surface area contributed by atoms with E-state index >= 15 is 0 Å². The second-order valence-corrected chi connectivity index (χ2v) is 13.3. The minimum Gasteiger partial charge on any atom is -0.453 e. The number of carbonyl (C=O) groups is 2. The summed E-state index contributed by atoms with van der Waals surface area (Å²) in [6, 6.07) is 14.3. The zero-order chi connectivity index (χ0) is 29.6. The summed E-state index contributed by atoms with van der Waals surface area (Å²) in [5.74, 6) is 0. The molecular formula is C28H35N5O6S2. The Balaban J connectivity index is 1.44. The van der Waals surface area contributed by atoms with Crippen molar-refractivity contribution in [3.05, 3.63) is 60.3 Å². The Hall–Kier alpha value is -3.68. The summed E-state index contributed by atoms with van der Waals surface area (Å²) in [6.45, 7) is 6.96. The van der Waals surface area contributed by atoms with E-state index in [1.54, 1.807) is 39.1 Å². The molecule has 1 aromatic heterocycles. The predicted molar refractivity (Wildman–Crippen MR) is 159 cm³/mol. The fourth-order valence-corrected chi connectivity index (χ4v) is 7.05. The number of hydrogen-bond acceptors (Lipinski definition) is 9. The van der Waals surface area contributed by atoms with Crippen LogP contribution in [0.5, 0.6) is 0 Å². The maximum Gasteiger partial charge on any atom is 0.411 e. The van der Waals surface area contributed by atoms with Crippen molar-refractivity contribution in [2.45, 2.75) is 56.7 Å². The van der Waals surface area contributed by atoms with Gasteiger partial charge in [0, 0.05) is 55.5 Å². The number of ether oxygens (including phenoxy) is 2. The van der Waals surface area contributed by atoms with Crippen molar-refractivity contribution in [1.29, 1.82) is 0 Å². The van der Waals surface area contributed by atoms with Gasteiger partial charge in [0.1, 0.15) is 6.10 Å². The number of amides is 2. The van der Waals surface area contributed by atoms with Crippen LogP contribution in [0, 0.1) is 0 Å². The van der Waals surface area contributed by atoms with Gasteiger partial charge in [-0.2, -0.15) is 0 Å². The predicted octanol–water partition coefficient (Wildman–Crippen LogP) is 4.96. The van der Waals surface area contributed by atoms with Gasteiger partial charge in [0.2, 0.25) is 10.0 Å². The molecule has 2 heterocycles. The van der Waals surface area contributed by atoms with Crippen molar-refractivity contribution in [2.75, 3.05) is 30.4 Å². The molecule has 0 atom stereocenters. The number of benzene rings is 2. The van der Waals surface area contributed by atoms with E-state index in [0.717, 1.165) is 10.7 Å². The lowest BCUT2D eigenvalue weighted by Gasteiger charge is -2.31. The Kier molecular flexibility index (Phi) is 9.51. The van der Waals surface area contributed by atoms with E-state index in [2.05, 4.69) is 30.0 Å². The van der Waals surface area contributed by atoms with Crippen LogP contribution in [-0.4, -0.2) is 57.4 Å². The Bertz CT molecular complexity index is 1460. The highest BCUT2D eigenvalue weighted by Crippen LogP contribution is 2.37. The summed E-state index contributed by atoms with van der Waals surface area (Å²) in [4.78, 5) is 31.3. The molecule has 41 heavy (non-hydrogen) atoms. The van der Waals surface area contributed by atoms with Crippen molar-refractivity contribution < 1.29 is 27.5 Å². The first-order valence-corrected chi connectivity index (χ1v) is 15.5. The summed E-state index contributed by atoms with van der Waals surface area (Å²) in [5.41, 5.74) is 1.04. The number of alkyl carbamates (subject to hydrolysis) is 1. The zero-order valence-corrected chi connectivity index (χ0v) is 25.1. The largest absolute Gasteiger partial charge is 0.453 e. The van der Waals surface area contributed by atoms with E-state index in [1.165, 1.54) is 24.5 Å². The van der Waals surface area contributed by atoms with Gasteiger partial charge >= 0.3 is 12.2 Å². The minimum atomic E-state index is -3.95. The highest BCUT2D eigenvalue weighted by Gasteiger charge is 2.28. The monoisotopic (exact) mass is 601 g/mol. The molecule has 0 unspecified atom stereocenters. The summed E-state index contributed by atoms with van der Waals surface area (Å²) < 4.78 is 39.7. The third-order valence-electron chi connectivity index (χ3n) is 6.17. The summed E-state index contributed by atoms with van der Waals surface area (Å²) >= 11 is 1.38. The van der Waals surface area contributed by atoms with Gasteiger partial charge in [-0.25, -0.2) is 27.7 Å². The number of thiazole rings is 1. The highest BCUT2D eigenvalue weighted by atomic mass is 32.2. The number of nitrogens with zero attached hydrogens (tertiary/aromatic N) is 2. The Morgan fingerprint density at radius 1 is 1.07 bits per heavy atom. The topological polar surface area (TPSA) is 139 Å². The molecule has 0 bridgehead atoms. The third-order valence-corrected chi connectivity index (χ3v) is 9.06. The van der Waals surface area contributed by atoms with Gasteiger partial charge in [0.25, 0.3) is 0 Å². The van der Waals surface area contributed by atoms with Gasteiger partial charge in [-0.3, -0.25) is 5.32 Å². The van der Waals surface area contributed by atoms with Crippen molar-refractivity contribution >= 4 is 44.4 Å². The molecule has 3 aromatic rings. The van der Waals surface area contributed by atoms with Gasteiger partial charge in [0.05, 0.1) is 16.9 Å². The molecule has 1 aliphatic heterocycles. The number of piperidine rings is 1. The van der Waals surface area contributed by atoms with Crippen molar-refractivity contribution in [1.82, 2.24) is 15.0 Å². The first-order valence-electron chi connectivity index (χ1n) is 13.2. The van der Waals surface area contributed by atoms with Crippen LogP contribution in [0.15, 0.2) is 59.6 Å². The van der Waals surface area contributed by atoms with Crippen molar-refractivity contribution in [3.8, 4) is 10.4 Å². The van der Waals surface area contributed by atoms with E-state index in [4.69, 9.17) is 4.74 Å². The Morgan fingerprint density at radius 2 is 1.78 bits per heavy atom. The summed E-state index contributed by atoms with van der Waals surface area (Å²) in [6.07, 6.45) is 1.61. The van der Waals surface area contributed by atoms with Gasteiger partial charge in [0.15, 0.2) is 5.13 Å². The number of hydrogen-bond donors (Lipinski definition) is 3. The number of carbonyl (C=O) groups excluding carboxylic acids is 2. The van der Waals surface area contributed by atoms with Crippen LogP contribution < -0.4 is 20.3 Å². The lowest BCUT2D eigenvalue weighted by atomic mass is 10.1. The first-order chi connectivity index (χ1) is 19.4. The van der Waals surface area contributed by atoms with Crippen molar-refractivity contribution in [2.24, 2.45) is 0 Å². The zero-order valence-electron chi connectivity index (χ0n) is 23.5. The Morgan fingerprint density at radius 3 is 2.44 bits per heavy atom. The van der Waals surface area contributed by atoms with Gasteiger partial charge in [-0.1, -0.05) is 47.7 Å². The second kappa shape index (κ2) is 12.9. The number of methoxy groups -OCH3 is 1. The van der Waals surface area contributed by atoms with E-state index in [-0.39, 0.29) is 16.7 Å². The van der Waals surface area contributed by atoms with Crippen LogP contribution >= 0.6 is 11.3 Å². The molecule has 0 radical (unpaired) electrons. The fraction of sp³-hybridized carbons (Fsp3) is 0.393. The van der Waals surface area contributed by atoms with Crippen LogP contribution in [0.4, 0.5) is 20.4 Å². The molecule has 3 N–H and O–H groups in total. The normalized spacial score (nSPS) is 14.4. The van der Waals surface area contributed by atoms with Crippen molar-refractivity contribution in [3.63, 3.8) is 0 Å². The van der Waals surface area contributed by atoms with E-state index in [1.807, 2.05) is 30.3 Å². The maximum absolute atomic E-state index is 13.4. The lowest BCUT2D eigenvalue weighted by molar-refractivity contribution is 0.0828. The average molecular weight is 602 g/mol. The highest BCUT2D eigenvalue weighted by molar-refractivity contribution is 7.89. The molecule has 0 spiro atoms. The molecule has 2 aromatic carbocycles. The molecule has 1 fully saturated rings. The van der Waals surface area contributed by atoms with Crippen LogP contribution in [-0.2, 0) is 26.0 Å². The first kappa shape index (κ1) is 30.3. The summed E-state index contributed by atoms with van der Waals surface area (Å²) in [7, 11) is -2.72. The van der Waals surface area contributed by atoms with Gasteiger partial charge < -0.3 is 19.7 Å². The standard InChI is InChI=1S/C28H35N5O6S2/c1-28(2,3)32-41(36,37)24-16-20(31-27(35)38-4)10-11-22(24)23-18-29-25(40-23)33-14-12-21(13-15-33)39-26(34)30-17-19-8-6-5-7-9-19/h5-11,16,18,21,32H,12-15,17H2,1-4H3,(H,30,34)(H,31,35). The molecule has 13 heteroatoms. The second-order valence-electron chi connectivity index (χ2n) is 10.6. The molecule has 0 saturated carbocycles. The number of rotatable bonds is 8. The number of nitrogens with one attached hydrogen (secondary N) is 3. The van der Waals surface area contributed by atoms with Crippen LogP contribution in [0.25, 0.3) is 10.4 Å². The van der Waals surface area contributed by atoms with Gasteiger partial charge in [-0.05, 0) is 38.5 Å². The van der Waals surface area contributed by atoms with E-state index in [0.29, 0.717) is 42.9 Å². The Labute approximate surface area is 244 Å². The molecular weight excluding hydrogens is 566 g/mol. The molecule has 2 amide bonds.